The summed E-state index contributed by atoms with van der Waals surface area (Å²) < 4.78 is 39.2. The van der Waals surface area contributed by atoms with Gasteiger partial charge >= 0.3 is 0 Å². The highest BCUT2D eigenvalue weighted by Crippen LogP contribution is 2.31. The van der Waals surface area contributed by atoms with Gasteiger partial charge in [-0.25, -0.2) is 13.1 Å². The van der Waals surface area contributed by atoms with Gasteiger partial charge < -0.3 is 9.47 Å². The van der Waals surface area contributed by atoms with Crippen LogP contribution < -0.4 is 14.2 Å². The predicted octanol–water partition coefficient (Wildman–Crippen LogP) is 3.31. The van der Waals surface area contributed by atoms with Gasteiger partial charge in [0.1, 0.15) is 0 Å². The topological polar surface area (TPSA) is 67.9 Å². The van der Waals surface area contributed by atoms with E-state index in [-0.39, 0.29) is 11.4 Å². The Kier molecular flexibility index (Phi) is 6.37. The Morgan fingerprint density at radius 1 is 0.828 bits per heavy atom. The van der Waals surface area contributed by atoms with Gasteiger partial charge in [-0.05, 0) is 49.2 Å². The molecule has 2 aromatic carbocycles. The quantitative estimate of drug-likeness (QED) is 0.783. The van der Waals surface area contributed by atoms with Gasteiger partial charge in [-0.15, -0.1) is 0 Å². The van der Waals surface area contributed by atoms with Crippen LogP contribution in [0.5, 0.6) is 11.5 Å². The van der Waals surface area contributed by atoms with E-state index in [9.17, 15) is 8.42 Å². The van der Waals surface area contributed by atoms with Gasteiger partial charge in [0.15, 0.2) is 11.5 Å². The zero-order chi connectivity index (χ0) is 20.1. The second kappa shape index (κ2) is 9.15. The van der Waals surface area contributed by atoms with Crippen LogP contribution in [0.4, 0.5) is 0 Å². The van der Waals surface area contributed by atoms with Crippen LogP contribution in [0.2, 0.25) is 0 Å². The first kappa shape index (κ1) is 20.2. The molecule has 0 saturated carbocycles. The molecule has 7 heteroatoms. The van der Waals surface area contributed by atoms with Crippen molar-refractivity contribution in [3.63, 3.8) is 0 Å². The zero-order valence-corrected chi connectivity index (χ0v) is 17.4. The van der Waals surface area contributed by atoms with Crippen molar-refractivity contribution in [3.05, 3.63) is 53.6 Å². The molecule has 0 atom stereocenters. The lowest BCUT2D eigenvalue weighted by Gasteiger charge is -2.26. The molecular weight excluding hydrogens is 388 g/mol. The molecule has 1 fully saturated rings. The van der Waals surface area contributed by atoms with Gasteiger partial charge in [0.25, 0.3) is 0 Å². The number of nitrogens with one attached hydrogen (secondary N) is 1. The number of piperidine rings is 1. The highest BCUT2D eigenvalue weighted by Gasteiger charge is 2.18. The predicted molar refractivity (Wildman–Crippen MR) is 112 cm³/mol. The summed E-state index contributed by atoms with van der Waals surface area (Å²) in [7, 11) is -3.63. The molecule has 0 aliphatic carbocycles. The summed E-state index contributed by atoms with van der Waals surface area (Å²) >= 11 is 0. The number of fused-ring (bicyclic) bond motifs is 1. The molecule has 0 aromatic heterocycles. The molecule has 29 heavy (non-hydrogen) atoms. The minimum atomic E-state index is -3.63. The van der Waals surface area contributed by atoms with Crippen LogP contribution >= 0.6 is 0 Å². The third-order valence-corrected chi connectivity index (χ3v) is 6.77. The minimum absolute atomic E-state index is 0.184. The molecular formula is C22H28N2O4S. The van der Waals surface area contributed by atoms with Crippen molar-refractivity contribution in [1.29, 1.82) is 0 Å². The lowest BCUT2D eigenvalue weighted by atomic mass is 10.1. The molecule has 2 aliphatic rings. The van der Waals surface area contributed by atoms with Crippen molar-refractivity contribution >= 4 is 10.0 Å². The Hall–Kier alpha value is -2.09. The maximum atomic E-state index is 12.7. The van der Waals surface area contributed by atoms with E-state index in [4.69, 9.17) is 9.47 Å². The number of rotatable bonds is 6. The molecule has 4 rings (SSSR count). The van der Waals surface area contributed by atoms with Crippen molar-refractivity contribution in [3.8, 4) is 11.5 Å². The van der Waals surface area contributed by atoms with E-state index >= 15 is 0 Å². The third-order valence-electron chi connectivity index (χ3n) is 5.37. The van der Waals surface area contributed by atoms with Crippen molar-refractivity contribution < 1.29 is 17.9 Å². The Morgan fingerprint density at radius 2 is 1.52 bits per heavy atom. The molecule has 2 aliphatic heterocycles. The average molecular weight is 417 g/mol. The first-order valence-corrected chi connectivity index (χ1v) is 11.8. The number of ether oxygens (including phenoxy) is 2. The Labute approximate surface area is 172 Å². The van der Waals surface area contributed by atoms with Crippen LogP contribution in [-0.4, -0.2) is 39.6 Å². The number of benzene rings is 2. The van der Waals surface area contributed by atoms with Gasteiger partial charge in [-0.2, -0.15) is 0 Å². The highest BCUT2D eigenvalue weighted by molar-refractivity contribution is 7.89. The van der Waals surface area contributed by atoms with Crippen LogP contribution in [0, 0.1) is 0 Å². The first-order chi connectivity index (χ1) is 14.1. The van der Waals surface area contributed by atoms with Crippen molar-refractivity contribution in [1.82, 2.24) is 9.62 Å². The normalized spacial score (nSPS) is 17.7. The smallest absolute Gasteiger partial charge is 0.241 e. The van der Waals surface area contributed by atoms with Crippen LogP contribution in [0.25, 0.3) is 0 Å². The number of hydrogen-bond donors (Lipinski definition) is 1. The van der Waals surface area contributed by atoms with Crippen LogP contribution in [0.1, 0.15) is 36.8 Å². The van der Waals surface area contributed by atoms with E-state index in [1.165, 1.54) is 30.9 Å². The maximum Gasteiger partial charge on any atom is 0.241 e. The molecule has 1 saturated heterocycles. The van der Waals surface area contributed by atoms with E-state index < -0.39 is 10.0 Å². The molecule has 0 spiro atoms. The van der Waals surface area contributed by atoms with Gasteiger partial charge in [0.2, 0.25) is 10.0 Å². The summed E-state index contributed by atoms with van der Waals surface area (Å²) in [5.41, 5.74) is 2.20. The Bertz CT molecular complexity index is 922. The first-order valence-electron chi connectivity index (χ1n) is 10.3. The molecule has 0 radical (unpaired) electrons. The summed E-state index contributed by atoms with van der Waals surface area (Å²) in [6.45, 7) is 4.64. The molecule has 2 heterocycles. The number of hydrogen-bond acceptors (Lipinski definition) is 5. The standard InChI is InChI=1S/C22H28N2O4S/c25-29(26,20-9-10-21-22(15-20)28-14-4-13-27-21)23-16-18-5-7-19(8-6-18)17-24-11-2-1-3-12-24/h5-10,15,23H,1-4,11-14,16-17H2. The van der Waals surface area contributed by atoms with Crippen LogP contribution in [0.15, 0.2) is 47.4 Å². The fourth-order valence-electron chi connectivity index (χ4n) is 3.71. The van der Waals surface area contributed by atoms with Crippen LogP contribution in [-0.2, 0) is 23.1 Å². The lowest BCUT2D eigenvalue weighted by Crippen LogP contribution is -2.29. The van der Waals surface area contributed by atoms with Crippen molar-refractivity contribution in [2.75, 3.05) is 26.3 Å². The number of sulfonamides is 1. The molecule has 6 nitrogen and oxygen atoms in total. The number of nitrogens with zero attached hydrogens (tertiary/aromatic N) is 1. The zero-order valence-electron chi connectivity index (χ0n) is 16.6. The molecule has 0 bridgehead atoms. The minimum Gasteiger partial charge on any atom is -0.490 e. The maximum absolute atomic E-state index is 12.7. The average Bonchev–Trinajstić information content (AvgIpc) is 2.99. The van der Waals surface area contributed by atoms with E-state index in [2.05, 4.69) is 21.8 Å². The second-order valence-corrected chi connectivity index (χ2v) is 9.40. The van der Waals surface area contributed by atoms with E-state index in [1.807, 2.05) is 12.1 Å². The van der Waals surface area contributed by atoms with Crippen molar-refractivity contribution in [2.45, 2.75) is 43.7 Å². The van der Waals surface area contributed by atoms with E-state index in [0.717, 1.165) is 31.6 Å². The SMILES string of the molecule is O=S(=O)(NCc1ccc(CN2CCCCC2)cc1)c1ccc2c(c1)OCCCO2. The summed E-state index contributed by atoms with van der Waals surface area (Å²) in [5.74, 6) is 1.07. The Balaban J connectivity index is 1.37. The highest BCUT2D eigenvalue weighted by atomic mass is 32.2. The monoisotopic (exact) mass is 416 g/mol. The summed E-state index contributed by atoms with van der Waals surface area (Å²) in [4.78, 5) is 2.66. The summed E-state index contributed by atoms with van der Waals surface area (Å²) in [6, 6.07) is 12.9. The fraction of sp³-hybridized carbons (Fsp3) is 0.455. The lowest BCUT2D eigenvalue weighted by molar-refractivity contribution is 0.221. The molecule has 1 N–H and O–H groups in total. The third kappa shape index (κ3) is 5.29. The largest absolute Gasteiger partial charge is 0.490 e. The van der Waals surface area contributed by atoms with Crippen molar-refractivity contribution in [2.24, 2.45) is 0 Å². The Morgan fingerprint density at radius 3 is 2.28 bits per heavy atom. The molecule has 2 aromatic rings. The van der Waals surface area contributed by atoms with Gasteiger partial charge in [0.05, 0.1) is 18.1 Å². The summed E-state index contributed by atoms with van der Waals surface area (Å²) in [6.07, 6.45) is 4.67. The molecule has 0 amide bonds. The fourth-order valence-corrected chi connectivity index (χ4v) is 4.74. The molecule has 156 valence electrons. The van der Waals surface area contributed by atoms with Gasteiger partial charge in [0, 0.05) is 25.6 Å². The second-order valence-electron chi connectivity index (χ2n) is 7.64. The summed E-state index contributed by atoms with van der Waals surface area (Å²) in [5, 5.41) is 0. The molecule has 0 unspecified atom stereocenters. The van der Waals surface area contributed by atoms with Gasteiger partial charge in [-0.1, -0.05) is 30.7 Å². The van der Waals surface area contributed by atoms with E-state index in [1.54, 1.807) is 12.1 Å². The van der Waals surface area contributed by atoms with Gasteiger partial charge in [-0.3, -0.25) is 4.90 Å². The van der Waals surface area contributed by atoms with Crippen LogP contribution in [0.3, 0.4) is 0 Å². The van der Waals surface area contributed by atoms with E-state index in [0.29, 0.717) is 24.7 Å². The number of likely N-dealkylation sites (tertiary alicyclic amines) is 1.